The van der Waals surface area contributed by atoms with E-state index < -0.39 is 0 Å². The second-order valence-corrected chi connectivity index (χ2v) is 5.86. The van der Waals surface area contributed by atoms with Crippen LogP contribution in [-0.2, 0) is 9.59 Å². The molecule has 0 aliphatic carbocycles. The summed E-state index contributed by atoms with van der Waals surface area (Å²) >= 11 is 0. The van der Waals surface area contributed by atoms with Gasteiger partial charge in [0.2, 0.25) is 11.8 Å². The van der Waals surface area contributed by atoms with Gasteiger partial charge in [-0.1, -0.05) is 32.6 Å². The molecule has 5 nitrogen and oxygen atoms in total. The van der Waals surface area contributed by atoms with Crippen LogP contribution in [0.3, 0.4) is 0 Å². The number of unbranched alkanes of at least 4 members (excludes halogenated alkanes) is 4. The van der Waals surface area contributed by atoms with E-state index in [9.17, 15) is 9.59 Å². The molecule has 0 aromatic rings. The quantitative estimate of drug-likeness (QED) is 0.657. The number of carbonyl (C=O) groups is 2. The fourth-order valence-corrected chi connectivity index (χ4v) is 2.62. The van der Waals surface area contributed by atoms with Gasteiger partial charge in [0.25, 0.3) is 0 Å². The van der Waals surface area contributed by atoms with Crippen LogP contribution in [0.1, 0.15) is 52.4 Å². The molecule has 1 fully saturated rings. The van der Waals surface area contributed by atoms with E-state index in [1.165, 1.54) is 19.3 Å². The molecule has 0 spiro atoms. The van der Waals surface area contributed by atoms with E-state index in [0.717, 1.165) is 45.6 Å². The van der Waals surface area contributed by atoms with E-state index in [4.69, 9.17) is 0 Å². The maximum Gasteiger partial charge on any atom is 0.220 e. The van der Waals surface area contributed by atoms with Gasteiger partial charge >= 0.3 is 0 Å². The van der Waals surface area contributed by atoms with Crippen LogP contribution in [0.4, 0.5) is 0 Å². The molecule has 0 aromatic heterocycles. The molecule has 0 atom stereocenters. The zero-order valence-corrected chi connectivity index (χ0v) is 14.9. The number of rotatable bonds is 9. The first-order chi connectivity index (χ1) is 10.1. The first-order valence-electron chi connectivity index (χ1n) is 8.38. The first kappa shape index (κ1) is 21.2. The molecule has 1 saturated heterocycles. The zero-order chi connectivity index (χ0) is 15.5. The van der Waals surface area contributed by atoms with Crippen molar-refractivity contribution < 1.29 is 9.59 Å². The van der Waals surface area contributed by atoms with E-state index in [2.05, 4.69) is 17.1 Å². The lowest BCUT2D eigenvalue weighted by molar-refractivity contribution is -0.130. The van der Waals surface area contributed by atoms with Crippen molar-refractivity contribution in [2.75, 3.05) is 39.3 Å². The normalized spacial score (nSPS) is 15.3. The lowest BCUT2D eigenvalue weighted by Gasteiger charge is -2.34. The zero-order valence-electron chi connectivity index (χ0n) is 14.1. The Hall–Kier alpha value is -0.810. The second kappa shape index (κ2) is 12.7. The summed E-state index contributed by atoms with van der Waals surface area (Å²) < 4.78 is 0. The summed E-state index contributed by atoms with van der Waals surface area (Å²) in [6.07, 6.45) is 6.57. The van der Waals surface area contributed by atoms with Gasteiger partial charge in [-0.15, -0.1) is 12.4 Å². The summed E-state index contributed by atoms with van der Waals surface area (Å²) in [5.74, 6) is 0.333. The van der Waals surface area contributed by atoms with Crippen molar-refractivity contribution in [1.82, 2.24) is 15.1 Å². The van der Waals surface area contributed by atoms with Gasteiger partial charge in [0, 0.05) is 52.6 Å². The molecule has 1 rings (SSSR count). The molecule has 1 heterocycles. The third-order valence-electron chi connectivity index (χ3n) is 4.08. The molecule has 130 valence electrons. The predicted molar refractivity (Wildman–Crippen MR) is 92.3 cm³/mol. The van der Waals surface area contributed by atoms with Crippen LogP contribution >= 0.6 is 12.4 Å². The SMILES string of the molecule is CCCCCCCC(=O)NCCN1CCN(C(C)=O)CC1.Cl. The van der Waals surface area contributed by atoms with Crippen molar-refractivity contribution in [1.29, 1.82) is 0 Å². The minimum absolute atomic E-state index is 0. The second-order valence-electron chi connectivity index (χ2n) is 5.86. The first-order valence-corrected chi connectivity index (χ1v) is 8.38. The Morgan fingerprint density at radius 2 is 1.64 bits per heavy atom. The molecule has 1 N–H and O–H groups in total. The molecule has 0 unspecified atom stereocenters. The number of piperazine rings is 1. The van der Waals surface area contributed by atoms with Crippen LogP contribution < -0.4 is 5.32 Å². The van der Waals surface area contributed by atoms with Crippen molar-refractivity contribution in [2.45, 2.75) is 52.4 Å². The lowest BCUT2D eigenvalue weighted by atomic mass is 10.1. The molecule has 2 amide bonds. The Bertz CT molecular complexity index is 319. The van der Waals surface area contributed by atoms with E-state index in [1.54, 1.807) is 6.92 Å². The highest BCUT2D eigenvalue weighted by molar-refractivity contribution is 5.85. The highest BCUT2D eigenvalue weighted by Gasteiger charge is 2.17. The molecule has 1 aliphatic rings. The van der Waals surface area contributed by atoms with Gasteiger partial charge in [-0.3, -0.25) is 14.5 Å². The number of nitrogens with one attached hydrogen (secondary N) is 1. The van der Waals surface area contributed by atoms with Gasteiger partial charge in [0.15, 0.2) is 0 Å². The topological polar surface area (TPSA) is 52.7 Å². The number of nitrogens with zero attached hydrogens (tertiary/aromatic N) is 2. The Labute approximate surface area is 141 Å². The average molecular weight is 334 g/mol. The third-order valence-corrected chi connectivity index (χ3v) is 4.08. The van der Waals surface area contributed by atoms with Gasteiger partial charge in [-0.05, 0) is 6.42 Å². The minimum Gasteiger partial charge on any atom is -0.355 e. The molecule has 0 aromatic carbocycles. The smallest absolute Gasteiger partial charge is 0.220 e. The van der Waals surface area contributed by atoms with Crippen LogP contribution in [0.25, 0.3) is 0 Å². The van der Waals surface area contributed by atoms with Crippen molar-refractivity contribution in [3.05, 3.63) is 0 Å². The Kier molecular flexibility index (Phi) is 12.2. The summed E-state index contributed by atoms with van der Waals surface area (Å²) in [5.41, 5.74) is 0. The van der Waals surface area contributed by atoms with E-state index in [-0.39, 0.29) is 24.2 Å². The van der Waals surface area contributed by atoms with Crippen LogP contribution in [0.2, 0.25) is 0 Å². The molecule has 1 aliphatic heterocycles. The molecule has 6 heteroatoms. The van der Waals surface area contributed by atoms with E-state index in [1.807, 2.05) is 4.90 Å². The summed E-state index contributed by atoms with van der Waals surface area (Å²) in [6.45, 7) is 8.85. The molecule has 0 bridgehead atoms. The van der Waals surface area contributed by atoms with Gasteiger partial charge < -0.3 is 10.2 Å². The van der Waals surface area contributed by atoms with Crippen LogP contribution in [0, 0.1) is 0 Å². The number of carbonyl (C=O) groups excluding carboxylic acids is 2. The van der Waals surface area contributed by atoms with Crippen molar-refractivity contribution >= 4 is 24.2 Å². The molecule has 0 radical (unpaired) electrons. The van der Waals surface area contributed by atoms with Crippen LogP contribution in [0.5, 0.6) is 0 Å². The van der Waals surface area contributed by atoms with Crippen molar-refractivity contribution in [3.63, 3.8) is 0 Å². The van der Waals surface area contributed by atoms with E-state index in [0.29, 0.717) is 13.0 Å². The number of halogens is 1. The van der Waals surface area contributed by atoms with E-state index >= 15 is 0 Å². The van der Waals surface area contributed by atoms with Gasteiger partial charge in [0.05, 0.1) is 0 Å². The summed E-state index contributed by atoms with van der Waals surface area (Å²) in [7, 11) is 0. The fourth-order valence-electron chi connectivity index (χ4n) is 2.62. The summed E-state index contributed by atoms with van der Waals surface area (Å²) in [4.78, 5) is 27.1. The summed E-state index contributed by atoms with van der Waals surface area (Å²) in [5, 5.41) is 2.99. The Morgan fingerprint density at radius 3 is 2.23 bits per heavy atom. The molecular weight excluding hydrogens is 302 g/mol. The van der Waals surface area contributed by atoms with Gasteiger partial charge in [-0.2, -0.15) is 0 Å². The van der Waals surface area contributed by atoms with Crippen LogP contribution in [0.15, 0.2) is 0 Å². The number of hydrogen-bond acceptors (Lipinski definition) is 3. The van der Waals surface area contributed by atoms with Gasteiger partial charge in [0.1, 0.15) is 0 Å². The number of hydrogen-bond donors (Lipinski definition) is 1. The molecule has 22 heavy (non-hydrogen) atoms. The molecule has 0 saturated carbocycles. The largest absolute Gasteiger partial charge is 0.355 e. The Balaban J connectivity index is 0.00000441. The fraction of sp³-hybridized carbons (Fsp3) is 0.875. The molecular formula is C16H32ClN3O2. The van der Waals surface area contributed by atoms with Crippen molar-refractivity contribution in [3.8, 4) is 0 Å². The highest BCUT2D eigenvalue weighted by Crippen LogP contribution is 2.05. The van der Waals surface area contributed by atoms with Crippen LogP contribution in [-0.4, -0.2) is 60.9 Å². The standard InChI is InChI=1S/C16H31N3O2.ClH/c1-3-4-5-6-7-8-16(21)17-9-10-18-11-13-19(14-12-18)15(2)20;/h3-14H2,1-2H3,(H,17,21);1H. The third kappa shape index (κ3) is 9.26. The Morgan fingerprint density at radius 1 is 1.00 bits per heavy atom. The van der Waals surface area contributed by atoms with Gasteiger partial charge in [-0.25, -0.2) is 0 Å². The maximum atomic E-state index is 11.7. The van der Waals surface area contributed by atoms with Crippen molar-refractivity contribution in [2.24, 2.45) is 0 Å². The summed E-state index contributed by atoms with van der Waals surface area (Å²) in [6, 6.07) is 0. The average Bonchev–Trinajstić information content (AvgIpc) is 2.47. The maximum absolute atomic E-state index is 11.7. The number of amides is 2. The minimum atomic E-state index is 0. The highest BCUT2D eigenvalue weighted by atomic mass is 35.5. The monoisotopic (exact) mass is 333 g/mol. The lowest BCUT2D eigenvalue weighted by Crippen LogP contribution is -2.49. The predicted octanol–water partition coefficient (Wildman–Crippen LogP) is 2.05.